The van der Waals surface area contributed by atoms with Gasteiger partial charge in [-0.1, -0.05) is 25.9 Å². The number of piperazine rings is 1. The number of rotatable bonds is 4. The molecule has 0 unspecified atom stereocenters. The molecule has 0 aliphatic carbocycles. The van der Waals surface area contributed by atoms with Crippen LogP contribution in [0.25, 0.3) is 0 Å². The molecule has 1 aromatic rings. The fourth-order valence-corrected chi connectivity index (χ4v) is 2.89. The number of nitrogens with zero attached hydrogens (tertiary/aromatic N) is 3. The highest BCUT2D eigenvalue weighted by molar-refractivity contribution is 5.91. The Morgan fingerprint density at radius 2 is 2.10 bits per heavy atom. The summed E-state index contributed by atoms with van der Waals surface area (Å²) >= 11 is 0. The Kier molecular flexibility index (Phi) is 5.04. The molecule has 0 N–H and O–H groups in total. The van der Waals surface area contributed by atoms with E-state index in [4.69, 9.17) is 4.52 Å². The molecule has 0 radical (unpaired) electrons. The summed E-state index contributed by atoms with van der Waals surface area (Å²) in [5.74, 6) is 0.657. The number of likely N-dealkylation sites (N-methyl/N-ethyl adjacent to an activating group) is 1. The molecule has 1 saturated heterocycles. The molecule has 1 aliphatic rings. The van der Waals surface area contributed by atoms with Gasteiger partial charge in [-0.3, -0.25) is 9.69 Å². The number of hydrogen-bond acceptors (Lipinski definition) is 4. The van der Waals surface area contributed by atoms with Gasteiger partial charge in [-0.15, -0.1) is 0 Å². The molecule has 21 heavy (non-hydrogen) atoms. The Bertz CT molecular complexity index is 486. The third-order valence-electron chi connectivity index (χ3n) is 4.64. The van der Waals surface area contributed by atoms with Gasteiger partial charge in [-0.2, -0.15) is 0 Å². The Balaban J connectivity index is 2.11. The fourth-order valence-electron chi connectivity index (χ4n) is 2.89. The van der Waals surface area contributed by atoms with Crippen LogP contribution >= 0.6 is 0 Å². The average molecular weight is 293 g/mol. The van der Waals surface area contributed by atoms with Crippen LogP contribution in [-0.4, -0.2) is 52.6 Å². The van der Waals surface area contributed by atoms with Crippen molar-refractivity contribution < 1.29 is 9.32 Å². The predicted octanol–water partition coefficient (Wildman–Crippen LogP) is 2.74. The molecule has 0 bridgehead atoms. The van der Waals surface area contributed by atoms with Crippen molar-refractivity contribution >= 4 is 5.91 Å². The minimum Gasteiger partial charge on any atom is -0.351 e. The number of aromatic nitrogens is 1. The van der Waals surface area contributed by atoms with Crippen molar-refractivity contribution in [1.82, 2.24) is 15.0 Å². The van der Waals surface area contributed by atoms with Gasteiger partial charge in [-0.25, -0.2) is 0 Å². The van der Waals surface area contributed by atoms with E-state index >= 15 is 0 Å². The minimum absolute atomic E-state index is 0.0350. The number of carbonyl (C=O) groups excluding carboxylic acids is 1. The van der Waals surface area contributed by atoms with Gasteiger partial charge in [0.05, 0.1) is 5.69 Å². The first kappa shape index (κ1) is 16.0. The van der Waals surface area contributed by atoms with Crippen molar-refractivity contribution in [2.24, 2.45) is 0 Å². The lowest BCUT2D eigenvalue weighted by molar-refractivity contribution is 0.0303. The van der Waals surface area contributed by atoms with E-state index in [1.807, 2.05) is 4.90 Å². The summed E-state index contributed by atoms with van der Waals surface area (Å²) in [4.78, 5) is 17.0. The normalized spacial score (nSPS) is 25.1. The van der Waals surface area contributed by atoms with E-state index in [1.54, 1.807) is 6.07 Å². The highest BCUT2D eigenvalue weighted by Crippen LogP contribution is 2.21. The van der Waals surface area contributed by atoms with Crippen LogP contribution in [-0.2, 0) is 0 Å². The molecule has 2 heterocycles. The van der Waals surface area contributed by atoms with Crippen LogP contribution in [0.2, 0.25) is 0 Å². The van der Waals surface area contributed by atoms with E-state index < -0.39 is 0 Å². The highest BCUT2D eigenvalue weighted by atomic mass is 16.5. The van der Waals surface area contributed by atoms with E-state index in [0.717, 1.165) is 31.7 Å². The van der Waals surface area contributed by atoms with E-state index in [-0.39, 0.29) is 11.9 Å². The molecular weight excluding hydrogens is 266 g/mol. The molecule has 5 nitrogen and oxygen atoms in total. The average Bonchev–Trinajstić information content (AvgIpc) is 2.97. The van der Waals surface area contributed by atoms with E-state index in [9.17, 15) is 4.79 Å². The van der Waals surface area contributed by atoms with Gasteiger partial charge in [0.1, 0.15) is 0 Å². The maximum Gasteiger partial charge on any atom is 0.292 e. The van der Waals surface area contributed by atoms with E-state index in [2.05, 4.69) is 44.7 Å². The minimum atomic E-state index is -0.0350. The fraction of sp³-hybridized carbons (Fsp3) is 0.750. The highest BCUT2D eigenvalue weighted by Gasteiger charge is 2.33. The zero-order valence-electron chi connectivity index (χ0n) is 13.8. The first-order valence-electron chi connectivity index (χ1n) is 7.99. The molecule has 0 spiro atoms. The van der Waals surface area contributed by atoms with E-state index in [0.29, 0.717) is 17.7 Å². The van der Waals surface area contributed by atoms with Crippen LogP contribution in [0.3, 0.4) is 0 Å². The summed E-state index contributed by atoms with van der Waals surface area (Å²) in [6.07, 6.45) is 0.989. The van der Waals surface area contributed by atoms with Crippen LogP contribution in [0, 0.1) is 0 Å². The number of hydrogen-bond donors (Lipinski definition) is 0. The van der Waals surface area contributed by atoms with Crippen molar-refractivity contribution in [3.63, 3.8) is 0 Å². The summed E-state index contributed by atoms with van der Waals surface area (Å²) in [5.41, 5.74) is 0.869. The van der Waals surface area contributed by atoms with Gasteiger partial charge in [-0.05, 0) is 26.8 Å². The number of carbonyl (C=O) groups is 1. The third kappa shape index (κ3) is 3.28. The lowest BCUT2D eigenvalue weighted by Gasteiger charge is -2.43. The quantitative estimate of drug-likeness (QED) is 0.856. The molecule has 1 aliphatic heterocycles. The van der Waals surface area contributed by atoms with Gasteiger partial charge in [0, 0.05) is 37.2 Å². The summed E-state index contributed by atoms with van der Waals surface area (Å²) < 4.78 is 5.28. The van der Waals surface area contributed by atoms with Crippen LogP contribution in [0.4, 0.5) is 0 Å². The Morgan fingerprint density at radius 1 is 1.38 bits per heavy atom. The van der Waals surface area contributed by atoms with Crippen molar-refractivity contribution in [3.05, 3.63) is 17.5 Å². The van der Waals surface area contributed by atoms with Crippen LogP contribution in [0.15, 0.2) is 10.6 Å². The maximum absolute atomic E-state index is 12.6. The van der Waals surface area contributed by atoms with Crippen molar-refractivity contribution in [1.29, 1.82) is 0 Å². The molecule has 1 fully saturated rings. The molecular formula is C16H27N3O2. The van der Waals surface area contributed by atoms with Crippen LogP contribution < -0.4 is 0 Å². The Morgan fingerprint density at radius 3 is 2.71 bits per heavy atom. The first-order chi connectivity index (χ1) is 9.97. The summed E-state index contributed by atoms with van der Waals surface area (Å²) in [6, 6.07) is 2.39. The largest absolute Gasteiger partial charge is 0.351 e. The lowest BCUT2D eigenvalue weighted by Crippen LogP contribution is -2.57. The zero-order chi connectivity index (χ0) is 15.6. The van der Waals surface area contributed by atoms with Crippen molar-refractivity contribution in [2.75, 3.05) is 19.6 Å². The molecule has 118 valence electrons. The van der Waals surface area contributed by atoms with Crippen molar-refractivity contribution in [3.8, 4) is 0 Å². The Labute approximate surface area is 127 Å². The molecule has 0 saturated carbocycles. The smallest absolute Gasteiger partial charge is 0.292 e. The van der Waals surface area contributed by atoms with E-state index in [1.165, 1.54) is 0 Å². The van der Waals surface area contributed by atoms with Gasteiger partial charge >= 0.3 is 0 Å². The van der Waals surface area contributed by atoms with Gasteiger partial charge < -0.3 is 9.42 Å². The second-order valence-electron chi connectivity index (χ2n) is 6.17. The van der Waals surface area contributed by atoms with Gasteiger partial charge in [0.2, 0.25) is 5.76 Å². The molecule has 5 heteroatoms. The summed E-state index contributed by atoms with van der Waals surface area (Å²) in [5, 5.41) is 4.05. The predicted molar refractivity (Wildman–Crippen MR) is 82.4 cm³/mol. The van der Waals surface area contributed by atoms with Crippen LogP contribution in [0.5, 0.6) is 0 Å². The topological polar surface area (TPSA) is 49.6 Å². The first-order valence-corrected chi connectivity index (χ1v) is 7.99. The molecule has 0 aromatic carbocycles. The molecule has 3 atom stereocenters. The monoisotopic (exact) mass is 293 g/mol. The van der Waals surface area contributed by atoms with Crippen molar-refractivity contribution in [2.45, 2.75) is 59.0 Å². The summed E-state index contributed by atoms with van der Waals surface area (Å²) in [7, 11) is 0. The van der Waals surface area contributed by atoms with Gasteiger partial charge in [0.15, 0.2) is 0 Å². The third-order valence-corrected chi connectivity index (χ3v) is 4.64. The summed E-state index contributed by atoms with van der Waals surface area (Å²) in [6.45, 7) is 13.3. The molecule has 1 aromatic heterocycles. The molecule has 2 rings (SSSR count). The van der Waals surface area contributed by atoms with Gasteiger partial charge in [0.25, 0.3) is 5.91 Å². The maximum atomic E-state index is 12.6. The Hall–Kier alpha value is -1.36. The zero-order valence-corrected chi connectivity index (χ0v) is 13.8. The standard InChI is InChI=1S/C16H27N3O2/c1-6-11(3)14-8-15(21-17-14)16(20)19-10-12(4)18(7-2)9-13(19)5/h8,11-13H,6-7,9-10H2,1-5H3/t11-,12-,13+/m0/s1. The van der Waals surface area contributed by atoms with Crippen LogP contribution in [0.1, 0.15) is 63.2 Å². The second-order valence-corrected chi connectivity index (χ2v) is 6.17. The number of amides is 1. The SMILES string of the molecule is CC[C@H](C)c1cc(C(=O)N2C[C@H](C)N(CC)C[C@H]2C)on1. The second kappa shape index (κ2) is 6.60. The lowest BCUT2D eigenvalue weighted by atomic mass is 10.0. The molecule has 1 amide bonds.